The zero-order chi connectivity index (χ0) is 13.8. The fourth-order valence-corrected chi connectivity index (χ4v) is 2.74. The number of ether oxygens (including phenoxy) is 1. The SMILES string of the molecule is C=S(NC)c1cc(C)ccc1Oc1cccc(Cl)c1. The molecule has 0 fully saturated rings. The molecule has 19 heavy (non-hydrogen) atoms. The molecule has 1 atom stereocenters. The largest absolute Gasteiger partial charge is 0.456 e. The van der Waals surface area contributed by atoms with Crippen LogP contribution in [0.15, 0.2) is 47.4 Å². The quantitative estimate of drug-likeness (QED) is 0.830. The fraction of sp³-hybridized carbons (Fsp3) is 0.133. The lowest BCUT2D eigenvalue weighted by molar-refractivity contribution is 0.471. The molecular formula is C15H16ClNOS. The first-order valence-corrected chi connectivity index (χ1v) is 7.63. The number of benzene rings is 2. The third kappa shape index (κ3) is 3.60. The highest BCUT2D eigenvalue weighted by Crippen LogP contribution is 2.35. The van der Waals surface area contributed by atoms with Gasteiger partial charge >= 0.3 is 0 Å². The minimum Gasteiger partial charge on any atom is -0.456 e. The third-order valence-corrected chi connectivity index (χ3v) is 4.21. The van der Waals surface area contributed by atoms with Gasteiger partial charge in [-0.05, 0) is 49.9 Å². The van der Waals surface area contributed by atoms with Crippen molar-refractivity contribution in [2.75, 3.05) is 7.05 Å². The molecule has 0 amide bonds. The molecule has 100 valence electrons. The van der Waals surface area contributed by atoms with Crippen LogP contribution in [0.5, 0.6) is 11.5 Å². The summed E-state index contributed by atoms with van der Waals surface area (Å²) >= 11 is 5.96. The minimum absolute atomic E-state index is 0.299. The highest BCUT2D eigenvalue weighted by atomic mass is 35.5. The summed E-state index contributed by atoms with van der Waals surface area (Å²) in [6.07, 6.45) is 0. The normalized spacial score (nSPS) is 12.2. The number of nitrogens with one attached hydrogen (secondary N) is 1. The maximum atomic E-state index is 5.96. The van der Waals surface area contributed by atoms with Crippen molar-refractivity contribution >= 4 is 28.1 Å². The maximum absolute atomic E-state index is 5.96. The molecule has 0 aliphatic heterocycles. The Morgan fingerprint density at radius 1 is 1.21 bits per heavy atom. The van der Waals surface area contributed by atoms with Crippen molar-refractivity contribution < 1.29 is 4.74 Å². The van der Waals surface area contributed by atoms with Gasteiger partial charge in [0, 0.05) is 5.02 Å². The number of hydrogen-bond acceptors (Lipinski definition) is 2. The summed E-state index contributed by atoms with van der Waals surface area (Å²) in [5, 5.41) is 0.661. The number of halogens is 1. The summed E-state index contributed by atoms with van der Waals surface area (Å²) in [6.45, 7) is 2.06. The van der Waals surface area contributed by atoms with Crippen LogP contribution in [0.1, 0.15) is 5.56 Å². The Morgan fingerprint density at radius 3 is 2.68 bits per heavy atom. The molecule has 0 saturated carbocycles. The highest BCUT2D eigenvalue weighted by molar-refractivity contribution is 8.12. The van der Waals surface area contributed by atoms with Crippen LogP contribution < -0.4 is 9.46 Å². The predicted octanol–water partition coefficient (Wildman–Crippen LogP) is 4.63. The topological polar surface area (TPSA) is 21.3 Å². The molecule has 2 nitrogen and oxygen atoms in total. The van der Waals surface area contributed by atoms with Crippen molar-refractivity contribution in [3.8, 4) is 11.5 Å². The Balaban J connectivity index is 2.37. The molecule has 0 spiro atoms. The number of aryl methyl sites for hydroxylation is 1. The molecular weight excluding hydrogens is 278 g/mol. The standard InChI is InChI=1S/C15H16ClNOS/c1-11-7-8-14(15(9-11)19(3)17-2)18-13-6-4-5-12(16)10-13/h4-10,17H,3H2,1-2H3. The van der Waals surface area contributed by atoms with Gasteiger partial charge in [0.15, 0.2) is 0 Å². The Bertz CT molecular complexity index is 613. The van der Waals surface area contributed by atoms with Gasteiger partial charge in [-0.1, -0.05) is 40.3 Å². The lowest BCUT2D eigenvalue weighted by atomic mass is 10.2. The van der Waals surface area contributed by atoms with E-state index in [-0.39, 0.29) is 10.7 Å². The van der Waals surface area contributed by atoms with Crippen LogP contribution in [0, 0.1) is 6.92 Å². The Labute approximate surface area is 121 Å². The van der Waals surface area contributed by atoms with Crippen LogP contribution in [0.4, 0.5) is 0 Å². The van der Waals surface area contributed by atoms with Gasteiger partial charge in [-0.25, -0.2) is 0 Å². The monoisotopic (exact) mass is 293 g/mol. The Kier molecular flexibility index (Phi) is 4.64. The van der Waals surface area contributed by atoms with E-state index in [0.29, 0.717) is 5.02 Å². The second-order valence-corrected chi connectivity index (χ2v) is 6.17. The molecule has 0 radical (unpaired) electrons. The minimum atomic E-state index is -0.299. The summed E-state index contributed by atoms with van der Waals surface area (Å²) in [5.41, 5.74) is 1.19. The van der Waals surface area contributed by atoms with E-state index >= 15 is 0 Å². The molecule has 0 aliphatic carbocycles. The molecule has 0 aromatic heterocycles. The first-order chi connectivity index (χ1) is 9.10. The molecule has 4 heteroatoms. The second-order valence-electron chi connectivity index (χ2n) is 4.10. The fourth-order valence-electron chi connectivity index (χ4n) is 1.66. The summed E-state index contributed by atoms with van der Waals surface area (Å²) in [5.74, 6) is 5.63. The van der Waals surface area contributed by atoms with Crippen molar-refractivity contribution in [1.82, 2.24) is 4.72 Å². The first kappa shape index (κ1) is 14.1. The molecule has 2 aromatic carbocycles. The van der Waals surface area contributed by atoms with E-state index in [1.807, 2.05) is 37.4 Å². The van der Waals surface area contributed by atoms with Gasteiger partial charge in [0.1, 0.15) is 11.5 Å². The van der Waals surface area contributed by atoms with E-state index in [4.69, 9.17) is 16.3 Å². The third-order valence-electron chi connectivity index (χ3n) is 2.63. The van der Waals surface area contributed by atoms with E-state index in [9.17, 15) is 0 Å². The van der Waals surface area contributed by atoms with Crippen LogP contribution in [-0.2, 0) is 0 Å². The first-order valence-electron chi connectivity index (χ1n) is 5.85. The van der Waals surface area contributed by atoms with Gasteiger partial charge in [-0.2, -0.15) is 0 Å². The van der Waals surface area contributed by atoms with Crippen molar-refractivity contribution in [3.63, 3.8) is 0 Å². The van der Waals surface area contributed by atoms with Crippen molar-refractivity contribution in [1.29, 1.82) is 0 Å². The van der Waals surface area contributed by atoms with Crippen LogP contribution in [0.3, 0.4) is 0 Å². The summed E-state index contributed by atoms with van der Waals surface area (Å²) in [6, 6.07) is 13.5. The van der Waals surface area contributed by atoms with E-state index in [1.165, 1.54) is 5.56 Å². The lowest BCUT2D eigenvalue weighted by Gasteiger charge is -2.14. The second kappa shape index (κ2) is 6.24. The zero-order valence-corrected chi connectivity index (χ0v) is 12.5. The molecule has 0 bridgehead atoms. The summed E-state index contributed by atoms with van der Waals surface area (Å²) in [4.78, 5) is 1.06. The molecule has 2 rings (SSSR count). The molecule has 0 saturated heterocycles. The molecule has 1 N–H and O–H groups in total. The van der Waals surface area contributed by atoms with Gasteiger partial charge in [-0.15, -0.1) is 0 Å². The summed E-state index contributed by atoms with van der Waals surface area (Å²) < 4.78 is 9.07. The molecule has 1 unspecified atom stereocenters. The van der Waals surface area contributed by atoms with Crippen LogP contribution in [-0.4, -0.2) is 12.9 Å². The molecule has 0 aliphatic rings. The maximum Gasteiger partial charge on any atom is 0.141 e. The van der Waals surface area contributed by atoms with Crippen molar-refractivity contribution in [2.45, 2.75) is 11.8 Å². The lowest BCUT2D eigenvalue weighted by Crippen LogP contribution is -1.98. The van der Waals surface area contributed by atoms with Crippen molar-refractivity contribution in [3.05, 3.63) is 53.1 Å². The van der Waals surface area contributed by atoms with Crippen molar-refractivity contribution in [2.24, 2.45) is 0 Å². The van der Waals surface area contributed by atoms with Gasteiger partial charge in [-0.3, -0.25) is 4.72 Å². The van der Waals surface area contributed by atoms with E-state index in [1.54, 1.807) is 6.07 Å². The van der Waals surface area contributed by atoms with Gasteiger partial charge in [0.2, 0.25) is 0 Å². The molecule has 0 heterocycles. The van der Waals surface area contributed by atoms with E-state index in [0.717, 1.165) is 16.4 Å². The zero-order valence-electron chi connectivity index (χ0n) is 10.9. The average molecular weight is 294 g/mol. The molecule has 2 aromatic rings. The van der Waals surface area contributed by atoms with Crippen LogP contribution in [0.25, 0.3) is 0 Å². The van der Waals surface area contributed by atoms with Crippen LogP contribution in [0.2, 0.25) is 5.02 Å². The van der Waals surface area contributed by atoms with Gasteiger partial charge in [0.25, 0.3) is 0 Å². The Hall–Kier alpha value is -1.29. The number of rotatable bonds is 4. The predicted molar refractivity (Wildman–Crippen MR) is 84.7 cm³/mol. The average Bonchev–Trinajstić information content (AvgIpc) is 2.40. The Morgan fingerprint density at radius 2 is 2.00 bits per heavy atom. The van der Waals surface area contributed by atoms with Crippen LogP contribution >= 0.6 is 22.3 Å². The highest BCUT2D eigenvalue weighted by Gasteiger charge is 2.07. The van der Waals surface area contributed by atoms with Gasteiger partial charge in [0.05, 0.1) is 4.90 Å². The number of hydrogen-bond donors (Lipinski definition) is 1. The van der Waals surface area contributed by atoms with E-state index < -0.39 is 0 Å². The van der Waals surface area contributed by atoms with Gasteiger partial charge < -0.3 is 4.74 Å². The summed E-state index contributed by atoms with van der Waals surface area (Å²) in [7, 11) is 1.59. The smallest absolute Gasteiger partial charge is 0.141 e. The van der Waals surface area contributed by atoms with E-state index in [2.05, 4.69) is 23.6 Å².